The summed E-state index contributed by atoms with van der Waals surface area (Å²) in [6.07, 6.45) is -0.698. The maximum absolute atomic E-state index is 14.7. The molecule has 3 nitrogen and oxygen atoms in total. The van der Waals surface area contributed by atoms with E-state index in [9.17, 15) is 12.8 Å². The smallest absolute Gasteiger partial charge is 0.193 e. The lowest BCUT2D eigenvalue weighted by Crippen LogP contribution is -2.43. The topological polar surface area (TPSA) is 43.4 Å². The van der Waals surface area contributed by atoms with Gasteiger partial charge in [-0.3, -0.25) is 0 Å². The highest BCUT2D eigenvalue weighted by Crippen LogP contribution is 2.47. The molecule has 1 aromatic carbocycles. The molecule has 0 bridgehead atoms. The van der Waals surface area contributed by atoms with Crippen LogP contribution in [-0.4, -0.2) is 29.2 Å². The molecular weight excluding hydrogens is 399 g/mol. The van der Waals surface area contributed by atoms with Crippen molar-refractivity contribution >= 4 is 34.1 Å². The molecule has 0 heterocycles. The molecule has 23 heavy (non-hydrogen) atoms. The van der Waals surface area contributed by atoms with Crippen molar-refractivity contribution in [1.29, 1.82) is 0 Å². The predicted octanol–water partition coefficient (Wildman–Crippen LogP) is 4.81. The van der Waals surface area contributed by atoms with Crippen molar-refractivity contribution in [2.45, 2.75) is 62.5 Å². The molecule has 0 radical (unpaired) electrons. The first-order valence-corrected chi connectivity index (χ1v) is 13.2. The van der Waals surface area contributed by atoms with Crippen LogP contribution in [-0.2, 0) is 20.7 Å². The molecule has 0 saturated heterocycles. The van der Waals surface area contributed by atoms with Crippen molar-refractivity contribution in [2.24, 2.45) is 0 Å². The minimum absolute atomic E-state index is 0.0766. The van der Waals surface area contributed by atoms with E-state index in [1.165, 1.54) is 6.07 Å². The van der Waals surface area contributed by atoms with Crippen LogP contribution in [0.5, 0.6) is 0 Å². The number of alkyl halides is 1. The standard InChI is InChI=1S/C16H24BrFO3SSi/c1-16(2,3)23(5,6)21-15-12(18)9-10-11(17)7-8-13(14(10)15)22(4,19)20/h7-8,12,15H,9H2,1-6H3/t12-,15-/m1/s1. The van der Waals surface area contributed by atoms with Crippen LogP contribution in [0.4, 0.5) is 4.39 Å². The normalized spacial score (nSPS) is 22.3. The molecule has 0 amide bonds. The molecule has 0 saturated carbocycles. The molecule has 0 fully saturated rings. The van der Waals surface area contributed by atoms with Crippen LogP contribution in [0, 0.1) is 0 Å². The van der Waals surface area contributed by atoms with Crippen molar-refractivity contribution in [3.63, 3.8) is 0 Å². The molecule has 7 heteroatoms. The second-order valence-electron chi connectivity index (χ2n) is 7.73. The van der Waals surface area contributed by atoms with Gasteiger partial charge in [0.1, 0.15) is 12.3 Å². The van der Waals surface area contributed by atoms with Crippen molar-refractivity contribution in [3.05, 3.63) is 27.7 Å². The van der Waals surface area contributed by atoms with Crippen LogP contribution < -0.4 is 0 Å². The van der Waals surface area contributed by atoms with Crippen LogP contribution in [0.15, 0.2) is 21.5 Å². The zero-order chi connectivity index (χ0) is 17.8. The Kier molecular flexibility index (Phi) is 4.92. The Morgan fingerprint density at radius 3 is 2.35 bits per heavy atom. The number of sulfone groups is 1. The maximum Gasteiger partial charge on any atom is 0.193 e. The average Bonchev–Trinajstić information content (AvgIpc) is 2.65. The second-order valence-corrected chi connectivity index (χ2v) is 15.3. The van der Waals surface area contributed by atoms with Gasteiger partial charge in [0.15, 0.2) is 18.2 Å². The monoisotopic (exact) mass is 422 g/mol. The van der Waals surface area contributed by atoms with Gasteiger partial charge in [-0.05, 0) is 35.8 Å². The fraction of sp³-hybridized carbons (Fsp3) is 0.625. The molecule has 1 aromatic rings. The van der Waals surface area contributed by atoms with E-state index in [0.717, 1.165) is 10.7 Å². The summed E-state index contributed by atoms with van der Waals surface area (Å²) in [7, 11) is -5.67. The van der Waals surface area contributed by atoms with Crippen molar-refractivity contribution in [3.8, 4) is 0 Å². The maximum atomic E-state index is 14.7. The predicted molar refractivity (Wildman–Crippen MR) is 96.9 cm³/mol. The van der Waals surface area contributed by atoms with Gasteiger partial charge in [0, 0.05) is 22.7 Å². The van der Waals surface area contributed by atoms with Gasteiger partial charge in [0.2, 0.25) is 0 Å². The van der Waals surface area contributed by atoms with Crippen LogP contribution in [0.3, 0.4) is 0 Å². The van der Waals surface area contributed by atoms with Gasteiger partial charge in [-0.1, -0.05) is 36.7 Å². The molecule has 130 valence electrons. The van der Waals surface area contributed by atoms with Crippen molar-refractivity contribution < 1.29 is 17.2 Å². The third kappa shape index (κ3) is 3.57. The molecule has 0 aromatic heterocycles. The van der Waals surface area contributed by atoms with Crippen molar-refractivity contribution in [2.75, 3.05) is 6.26 Å². The average molecular weight is 423 g/mol. The number of hydrogen-bond donors (Lipinski definition) is 0. The molecule has 0 unspecified atom stereocenters. The lowest BCUT2D eigenvalue weighted by atomic mass is 10.1. The fourth-order valence-electron chi connectivity index (χ4n) is 2.57. The van der Waals surface area contributed by atoms with Gasteiger partial charge < -0.3 is 4.43 Å². The second kappa shape index (κ2) is 5.93. The van der Waals surface area contributed by atoms with Crippen LogP contribution in [0.25, 0.3) is 0 Å². The highest BCUT2D eigenvalue weighted by molar-refractivity contribution is 9.10. The minimum Gasteiger partial charge on any atom is -0.407 e. The summed E-state index contributed by atoms with van der Waals surface area (Å²) in [4.78, 5) is 0.180. The Bertz CT molecular complexity index is 726. The van der Waals surface area contributed by atoms with E-state index in [0.29, 0.717) is 11.1 Å². The first-order chi connectivity index (χ1) is 10.3. The Hall–Kier alpha value is -0.243. The molecule has 0 N–H and O–H groups in total. The lowest BCUT2D eigenvalue weighted by molar-refractivity contribution is 0.0991. The lowest BCUT2D eigenvalue weighted by Gasteiger charge is -2.39. The molecular formula is C16H24BrFO3SSi. The van der Waals surface area contributed by atoms with Crippen LogP contribution >= 0.6 is 15.9 Å². The van der Waals surface area contributed by atoms with E-state index < -0.39 is 30.4 Å². The summed E-state index contributed by atoms with van der Waals surface area (Å²) in [6, 6.07) is 3.22. The Balaban J connectivity index is 2.58. The number of rotatable bonds is 3. The van der Waals surface area contributed by atoms with E-state index in [2.05, 4.69) is 49.8 Å². The molecule has 0 spiro atoms. The van der Waals surface area contributed by atoms with E-state index in [1.54, 1.807) is 6.07 Å². The molecule has 2 rings (SSSR count). The van der Waals surface area contributed by atoms with Crippen molar-refractivity contribution in [1.82, 2.24) is 0 Å². The van der Waals surface area contributed by atoms with Gasteiger partial charge in [-0.15, -0.1) is 0 Å². The zero-order valence-corrected chi connectivity index (χ0v) is 17.8. The molecule has 1 aliphatic carbocycles. The highest BCUT2D eigenvalue weighted by atomic mass is 79.9. The first-order valence-electron chi connectivity index (χ1n) is 7.59. The summed E-state index contributed by atoms with van der Waals surface area (Å²) in [5, 5.41) is -0.0766. The van der Waals surface area contributed by atoms with E-state index in [1.807, 2.05) is 0 Å². The fourth-order valence-corrected chi connectivity index (χ4v) is 5.28. The highest BCUT2D eigenvalue weighted by Gasteiger charge is 2.46. The van der Waals surface area contributed by atoms with Gasteiger partial charge in [0.05, 0.1) is 4.90 Å². The SMILES string of the molecule is CC(C)(C)[Si](C)(C)O[C@H]1c2c(S(C)(=O)=O)ccc(Br)c2C[C@H]1F. The molecule has 0 aliphatic heterocycles. The van der Waals surface area contributed by atoms with Gasteiger partial charge in [0.25, 0.3) is 0 Å². The molecule has 1 aliphatic rings. The summed E-state index contributed by atoms with van der Waals surface area (Å²) >= 11 is 3.42. The van der Waals surface area contributed by atoms with Gasteiger partial charge >= 0.3 is 0 Å². The largest absolute Gasteiger partial charge is 0.407 e. The number of halogens is 2. The quantitative estimate of drug-likeness (QED) is 0.656. The summed E-state index contributed by atoms with van der Waals surface area (Å²) in [5.74, 6) is 0. The number of fused-ring (bicyclic) bond motifs is 1. The van der Waals surface area contributed by atoms with E-state index in [4.69, 9.17) is 4.43 Å². The van der Waals surface area contributed by atoms with Crippen LogP contribution in [0.1, 0.15) is 38.0 Å². The minimum atomic E-state index is -3.44. The zero-order valence-electron chi connectivity index (χ0n) is 14.4. The van der Waals surface area contributed by atoms with E-state index in [-0.39, 0.29) is 16.4 Å². The Morgan fingerprint density at radius 1 is 1.30 bits per heavy atom. The Labute approximate surface area is 147 Å². The summed E-state index contributed by atoms with van der Waals surface area (Å²) in [6.45, 7) is 10.4. The van der Waals surface area contributed by atoms with Gasteiger partial charge in [-0.2, -0.15) is 0 Å². The number of benzene rings is 1. The first kappa shape index (κ1) is 19.1. The molecule has 2 atom stereocenters. The third-order valence-corrected chi connectivity index (χ3v) is 11.3. The summed E-state index contributed by atoms with van der Waals surface area (Å²) in [5.41, 5.74) is 1.21. The number of hydrogen-bond acceptors (Lipinski definition) is 3. The van der Waals surface area contributed by atoms with Crippen LogP contribution in [0.2, 0.25) is 18.1 Å². The third-order valence-electron chi connectivity index (χ3n) is 4.90. The van der Waals surface area contributed by atoms with E-state index >= 15 is 0 Å². The van der Waals surface area contributed by atoms with Gasteiger partial charge in [-0.25, -0.2) is 12.8 Å². The Morgan fingerprint density at radius 2 is 1.87 bits per heavy atom. The summed E-state index contributed by atoms with van der Waals surface area (Å²) < 4.78 is 46.0.